The van der Waals surface area contributed by atoms with Crippen molar-refractivity contribution in [2.45, 2.75) is 26.8 Å². The summed E-state index contributed by atoms with van der Waals surface area (Å²) in [7, 11) is 0. The molecular formula is C10H17FN4O. The van der Waals surface area contributed by atoms with Gasteiger partial charge in [-0.1, -0.05) is 0 Å². The number of nitrogens with zero attached hydrogens (tertiary/aromatic N) is 1. The molecule has 0 saturated carbocycles. The third-order valence-electron chi connectivity index (χ3n) is 2.35. The van der Waals surface area contributed by atoms with Crippen molar-refractivity contribution < 1.29 is 9.18 Å². The van der Waals surface area contributed by atoms with Crippen LogP contribution in [0.1, 0.15) is 29.9 Å². The van der Waals surface area contributed by atoms with Gasteiger partial charge in [0.25, 0.3) is 0 Å². The minimum absolute atomic E-state index is 0.0297. The summed E-state index contributed by atoms with van der Waals surface area (Å²) in [5, 5.41) is 12.0. The molecule has 1 heterocycles. The molecule has 5 nitrogen and oxygen atoms in total. The number of hydrogen-bond donors (Lipinski definition) is 3. The van der Waals surface area contributed by atoms with Gasteiger partial charge >= 0.3 is 6.03 Å². The summed E-state index contributed by atoms with van der Waals surface area (Å²) in [6, 6.07) is -0.525. The van der Waals surface area contributed by atoms with Crippen LogP contribution in [0.15, 0.2) is 0 Å². The molecule has 2 amide bonds. The number of carbonyl (C=O) groups is 1. The van der Waals surface area contributed by atoms with Gasteiger partial charge in [0.2, 0.25) is 0 Å². The maximum atomic E-state index is 11.8. The van der Waals surface area contributed by atoms with E-state index in [1.165, 1.54) is 0 Å². The van der Waals surface area contributed by atoms with Crippen molar-refractivity contribution in [3.05, 3.63) is 17.0 Å². The van der Waals surface area contributed by atoms with E-state index in [4.69, 9.17) is 0 Å². The number of urea groups is 1. The fourth-order valence-electron chi connectivity index (χ4n) is 1.68. The Morgan fingerprint density at radius 3 is 2.75 bits per heavy atom. The van der Waals surface area contributed by atoms with Gasteiger partial charge in [0.1, 0.15) is 6.67 Å². The molecule has 6 heteroatoms. The van der Waals surface area contributed by atoms with Crippen LogP contribution >= 0.6 is 0 Å². The van der Waals surface area contributed by atoms with Crippen molar-refractivity contribution in [1.82, 2.24) is 20.8 Å². The Bertz CT molecular complexity index is 344. The molecule has 0 fully saturated rings. The van der Waals surface area contributed by atoms with Gasteiger partial charge in [0.15, 0.2) is 0 Å². The first kappa shape index (κ1) is 12.5. The van der Waals surface area contributed by atoms with E-state index in [0.29, 0.717) is 0 Å². The van der Waals surface area contributed by atoms with Crippen molar-refractivity contribution >= 4 is 6.03 Å². The number of H-pyrrole nitrogens is 1. The zero-order chi connectivity index (χ0) is 12.1. The van der Waals surface area contributed by atoms with E-state index < -0.39 is 6.67 Å². The molecule has 0 aliphatic rings. The maximum Gasteiger partial charge on any atom is 0.315 e. The number of hydrogen-bond acceptors (Lipinski definition) is 2. The van der Waals surface area contributed by atoms with Crippen LogP contribution in [0.4, 0.5) is 9.18 Å². The van der Waals surface area contributed by atoms with E-state index in [-0.39, 0.29) is 18.6 Å². The van der Waals surface area contributed by atoms with Crippen LogP contribution in [0.5, 0.6) is 0 Å². The van der Waals surface area contributed by atoms with Gasteiger partial charge in [-0.05, 0) is 20.8 Å². The summed E-state index contributed by atoms with van der Waals surface area (Å²) in [5.74, 6) is 0. The lowest BCUT2D eigenvalue weighted by Gasteiger charge is -2.14. The Balaban J connectivity index is 2.58. The highest BCUT2D eigenvalue weighted by Crippen LogP contribution is 2.18. The molecule has 0 radical (unpaired) electrons. The van der Waals surface area contributed by atoms with Crippen LogP contribution in [0, 0.1) is 13.8 Å². The Labute approximate surface area is 93.8 Å². The van der Waals surface area contributed by atoms with Crippen LogP contribution in [-0.4, -0.2) is 29.4 Å². The number of carbonyl (C=O) groups excluding carboxylic acids is 1. The normalized spacial score (nSPS) is 12.2. The quantitative estimate of drug-likeness (QED) is 0.728. The minimum Gasteiger partial charge on any atom is -0.336 e. The molecule has 0 saturated heterocycles. The monoisotopic (exact) mass is 228 g/mol. The van der Waals surface area contributed by atoms with Crippen LogP contribution in [0.25, 0.3) is 0 Å². The number of alkyl halides is 1. The number of aryl methyl sites for hydroxylation is 2. The van der Waals surface area contributed by atoms with Crippen LogP contribution < -0.4 is 10.6 Å². The number of aromatic nitrogens is 2. The summed E-state index contributed by atoms with van der Waals surface area (Å²) in [4.78, 5) is 11.3. The van der Waals surface area contributed by atoms with Gasteiger partial charge < -0.3 is 10.6 Å². The Kier molecular flexibility index (Phi) is 4.28. The second kappa shape index (κ2) is 5.48. The molecule has 1 rings (SSSR count). The predicted octanol–water partition coefficient (Wildman–Crippen LogP) is 1.36. The first-order chi connectivity index (χ1) is 7.56. The number of aromatic amines is 1. The van der Waals surface area contributed by atoms with E-state index in [2.05, 4.69) is 20.8 Å². The van der Waals surface area contributed by atoms with Crippen molar-refractivity contribution in [1.29, 1.82) is 0 Å². The smallest absolute Gasteiger partial charge is 0.315 e. The summed E-state index contributed by atoms with van der Waals surface area (Å²) in [5.41, 5.74) is 2.75. The molecule has 1 aromatic heterocycles. The molecule has 0 bridgehead atoms. The lowest BCUT2D eigenvalue weighted by molar-refractivity contribution is 0.236. The topological polar surface area (TPSA) is 69.8 Å². The molecule has 1 atom stereocenters. The third kappa shape index (κ3) is 2.95. The van der Waals surface area contributed by atoms with Gasteiger partial charge in [-0.2, -0.15) is 5.10 Å². The summed E-state index contributed by atoms with van der Waals surface area (Å²) in [6.45, 7) is 5.09. The van der Waals surface area contributed by atoms with Crippen molar-refractivity contribution in [3.63, 3.8) is 0 Å². The highest BCUT2D eigenvalue weighted by molar-refractivity contribution is 5.74. The average molecular weight is 228 g/mol. The highest BCUT2D eigenvalue weighted by Gasteiger charge is 2.15. The van der Waals surface area contributed by atoms with Gasteiger partial charge in [0, 0.05) is 17.8 Å². The number of nitrogens with one attached hydrogen (secondary N) is 3. The molecule has 3 N–H and O–H groups in total. The van der Waals surface area contributed by atoms with E-state index >= 15 is 0 Å². The van der Waals surface area contributed by atoms with Crippen LogP contribution in [0.2, 0.25) is 0 Å². The van der Waals surface area contributed by atoms with Crippen molar-refractivity contribution in [2.75, 3.05) is 13.2 Å². The first-order valence-electron chi connectivity index (χ1n) is 5.18. The molecule has 1 aromatic rings. The maximum absolute atomic E-state index is 11.8. The van der Waals surface area contributed by atoms with Crippen LogP contribution in [0.3, 0.4) is 0 Å². The molecule has 0 aliphatic heterocycles. The third-order valence-corrected chi connectivity index (χ3v) is 2.35. The zero-order valence-electron chi connectivity index (χ0n) is 9.72. The van der Waals surface area contributed by atoms with E-state index in [9.17, 15) is 9.18 Å². The lowest BCUT2D eigenvalue weighted by atomic mass is 10.1. The SMILES string of the molecule is Cc1n[nH]c(C)c1C(C)NC(=O)NCCF. The van der Waals surface area contributed by atoms with Gasteiger partial charge in [-0.3, -0.25) is 5.10 Å². The van der Waals surface area contributed by atoms with E-state index in [0.717, 1.165) is 17.0 Å². The molecule has 0 spiro atoms. The van der Waals surface area contributed by atoms with E-state index in [1.54, 1.807) is 0 Å². The lowest BCUT2D eigenvalue weighted by Crippen LogP contribution is -2.38. The van der Waals surface area contributed by atoms with Crippen molar-refractivity contribution in [3.8, 4) is 0 Å². The summed E-state index contributed by atoms with van der Waals surface area (Å²) >= 11 is 0. The Morgan fingerprint density at radius 1 is 1.56 bits per heavy atom. The average Bonchev–Trinajstić information content (AvgIpc) is 2.55. The second-order valence-corrected chi connectivity index (χ2v) is 3.66. The highest BCUT2D eigenvalue weighted by atomic mass is 19.1. The van der Waals surface area contributed by atoms with Gasteiger partial charge in [0.05, 0.1) is 11.7 Å². The number of rotatable bonds is 4. The summed E-state index contributed by atoms with van der Waals surface area (Å²) < 4.78 is 11.8. The standard InChI is InChI=1S/C10H17FN4O/c1-6(13-10(16)12-5-4-11)9-7(2)14-15-8(9)3/h6H,4-5H2,1-3H3,(H,14,15)(H2,12,13,16). The molecule has 0 aromatic carbocycles. The first-order valence-corrected chi connectivity index (χ1v) is 5.18. The largest absolute Gasteiger partial charge is 0.336 e. The number of halogens is 1. The van der Waals surface area contributed by atoms with Crippen LogP contribution in [-0.2, 0) is 0 Å². The molecular weight excluding hydrogens is 211 g/mol. The second-order valence-electron chi connectivity index (χ2n) is 3.66. The Hall–Kier alpha value is -1.59. The number of amides is 2. The van der Waals surface area contributed by atoms with Gasteiger partial charge in [-0.15, -0.1) is 0 Å². The fourth-order valence-corrected chi connectivity index (χ4v) is 1.68. The van der Waals surface area contributed by atoms with Crippen molar-refractivity contribution in [2.24, 2.45) is 0 Å². The Morgan fingerprint density at radius 2 is 2.25 bits per heavy atom. The van der Waals surface area contributed by atoms with Gasteiger partial charge in [-0.25, -0.2) is 9.18 Å². The predicted molar refractivity (Wildman–Crippen MR) is 59.0 cm³/mol. The molecule has 1 unspecified atom stereocenters. The van der Waals surface area contributed by atoms with E-state index in [1.807, 2.05) is 20.8 Å². The zero-order valence-corrected chi connectivity index (χ0v) is 9.72. The minimum atomic E-state index is -0.564. The molecule has 90 valence electrons. The summed E-state index contributed by atoms with van der Waals surface area (Å²) in [6.07, 6.45) is 0. The fraction of sp³-hybridized carbons (Fsp3) is 0.600. The molecule has 16 heavy (non-hydrogen) atoms. The molecule has 0 aliphatic carbocycles.